The second-order valence-corrected chi connectivity index (χ2v) is 7.44. The molecule has 1 fully saturated rings. The first-order valence-electron chi connectivity index (χ1n) is 6.04. The molecule has 1 amide bonds. The van der Waals surface area contributed by atoms with E-state index in [0.29, 0.717) is 13.2 Å². The van der Waals surface area contributed by atoms with E-state index in [9.17, 15) is 4.79 Å². The molecule has 0 spiro atoms. The van der Waals surface area contributed by atoms with Gasteiger partial charge in [0.2, 0.25) is 5.91 Å². The zero-order valence-corrected chi connectivity index (χ0v) is 13.3. The molecule has 0 aromatic rings. The summed E-state index contributed by atoms with van der Waals surface area (Å²) in [5.74, 6) is 0.391. The predicted octanol–water partition coefficient (Wildman–Crippen LogP) is 2.54. The maximum absolute atomic E-state index is 12.3. The molecule has 3 nitrogen and oxygen atoms in total. The lowest BCUT2D eigenvalue weighted by Crippen LogP contribution is -2.36. The molecule has 0 aromatic carbocycles. The summed E-state index contributed by atoms with van der Waals surface area (Å²) in [6.45, 7) is 9.99. The fourth-order valence-corrected chi connectivity index (χ4v) is 3.35. The summed E-state index contributed by atoms with van der Waals surface area (Å²) in [5.41, 5.74) is 0.225. The maximum atomic E-state index is 12.3. The van der Waals surface area contributed by atoms with E-state index in [1.165, 1.54) is 0 Å². The molecule has 1 atom stereocenters. The maximum Gasteiger partial charge on any atom is 0.226 e. The van der Waals surface area contributed by atoms with Gasteiger partial charge in [-0.25, -0.2) is 0 Å². The average molecular weight is 306 g/mol. The van der Waals surface area contributed by atoms with Crippen LogP contribution in [0.2, 0.25) is 0 Å². The van der Waals surface area contributed by atoms with Crippen molar-refractivity contribution in [1.82, 2.24) is 4.90 Å². The first kappa shape index (κ1) is 15.0. The Kier molecular flexibility index (Phi) is 4.30. The number of hydrogen-bond acceptors (Lipinski definition) is 2. The van der Waals surface area contributed by atoms with Crippen molar-refractivity contribution >= 4 is 21.8 Å². The highest BCUT2D eigenvalue weighted by molar-refractivity contribution is 9.09. The molecule has 0 radical (unpaired) electrons. The van der Waals surface area contributed by atoms with Crippen LogP contribution < -0.4 is 0 Å². The lowest BCUT2D eigenvalue weighted by molar-refractivity contribution is -0.132. The smallest absolute Gasteiger partial charge is 0.226 e. The molecule has 1 aliphatic rings. The lowest BCUT2D eigenvalue weighted by atomic mass is 10.0. The van der Waals surface area contributed by atoms with Gasteiger partial charge in [-0.05, 0) is 10.8 Å². The van der Waals surface area contributed by atoms with Crippen molar-refractivity contribution in [3.05, 3.63) is 0 Å². The molecule has 0 aromatic heterocycles. The Bertz CT molecular complexity index is 288. The van der Waals surface area contributed by atoms with Crippen LogP contribution in [-0.4, -0.2) is 42.9 Å². The molecule has 0 N–H and O–H groups in total. The van der Waals surface area contributed by atoms with Crippen LogP contribution in [0, 0.1) is 16.7 Å². The topological polar surface area (TPSA) is 29.5 Å². The molecule has 1 saturated carbocycles. The van der Waals surface area contributed by atoms with Gasteiger partial charge < -0.3 is 9.64 Å². The van der Waals surface area contributed by atoms with E-state index in [0.717, 1.165) is 0 Å². The molecule has 0 aliphatic heterocycles. The summed E-state index contributed by atoms with van der Waals surface area (Å²) in [7, 11) is 3.54. The van der Waals surface area contributed by atoms with Gasteiger partial charge in [-0.2, -0.15) is 0 Å². The van der Waals surface area contributed by atoms with Gasteiger partial charge in [0, 0.05) is 26.6 Å². The molecular weight excluding hydrogens is 282 g/mol. The Morgan fingerprint density at radius 1 is 1.35 bits per heavy atom. The van der Waals surface area contributed by atoms with Gasteiger partial charge in [0.25, 0.3) is 0 Å². The second-order valence-electron chi connectivity index (χ2n) is 6.15. The summed E-state index contributed by atoms with van der Waals surface area (Å²) in [5, 5.41) is 0. The third-order valence-electron chi connectivity index (χ3n) is 4.46. The number of nitrogens with zero attached hydrogens (tertiary/aromatic N) is 1. The van der Waals surface area contributed by atoms with Crippen molar-refractivity contribution in [3.8, 4) is 0 Å². The van der Waals surface area contributed by atoms with Crippen LogP contribution in [0.3, 0.4) is 0 Å². The first-order valence-corrected chi connectivity index (χ1v) is 6.95. The van der Waals surface area contributed by atoms with Gasteiger partial charge in [-0.1, -0.05) is 43.6 Å². The highest BCUT2D eigenvalue weighted by atomic mass is 79.9. The molecule has 0 heterocycles. The van der Waals surface area contributed by atoms with Crippen LogP contribution >= 0.6 is 15.9 Å². The number of carbonyl (C=O) groups excluding carboxylic acids is 1. The Morgan fingerprint density at radius 2 is 1.82 bits per heavy atom. The van der Waals surface area contributed by atoms with Gasteiger partial charge in [0.15, 0.2) is 0 Å². The number of ether oxygens (including phenoxy) is 1. The number of halogens is 1. The van der Waals surface area contributed by atoms with Crippen molar-refractivity contribution in [3.63, 3.8) is 0 Å². The minimum atomic E-state index is 0.113. The van der Waals surface area contributed by atoms with E-state index >= 15 is 0 Å². The van der Waals surface area contributed by atoms with Crippen LogP contribution in [0.25, 0.3) is 0 Å². The van der Waals surface area contributed by atoms with Crippen LogP contribution in [0.4, 0.5) is 0 Å². The van der Waals surface area contributed by atoms with E-state index < -0.39 is 0 Å². The predicted molar refractivity (Wildman–Crippen MR) is 73.3 cm³/mol. The minimum absolute atomic E-state index is 0.113. The Balaban J connectivity index is 2.55. The molecule has 0 saturated heterocycles. The minimum Gasteiger partial charge on any atom is -0.383 e. The van der Waals surface area contributed by atoms with E-state index in [2.05, 4.69) is 43.6 Å². The molecule has 1 rings (SSSR count). The van der Waals surface area contributed by atoms with Gasteiger partial charge in [0.1, 0.15) is 0 Å². The molecule has 1 aliphatic carbocycles. The summed E-state index contributed by atoms with van der Waals surface area (Å²) in [4.78, 5) is 14.4. The van der Waals surface area contributed by atoms with Crippen molar-refractivity contribution < 1.29 is 9.53 Å². The SMILES string of the molecule is COCC(Br)CN(C)C(=O)C1C(C)(C)C1(C)C. The lowest BCUT2D eigenvalue weighted by Gasteiger charge is -2.21. The summed E-state index contributed by atoms with van der Waals surface area (Å²) in [6, 6.07) is 0. The summed E-state index contributed by atoms with van der Waals surface area (Å²) >= 11 is 3.51. The van der Waals surface area contributed by atoms with Gasteiger partial charge >= 0.3 is 0 Å². The zero-order valence-electron chi connectivity index (χ0n) is 11.7. The molecular formula is C13H24BrNO2. The number of alkyl halides is 1. The third kappa shape index (κ3) is 2.68. The number of hydrogen-bond donors (Lipinski definition) is 0. The number of rotatable bonds is 5. The number of methoxy groups -OCH3 is 1. The van der Waals surface area contributed by atoms with Gasteiger partial charge in [0.05, 0.1) is 11.4 Å². The number of carbonyl (C=O) groups is 1. The van der Waals surface area contributed by atoms with E-state index in [1.54, 1.807) is 7.11 Å². The van der Waals surface area contributed by atoms with Crippen LogP contribution in [-0.2, 0) is 9.53 Å². The first-order chi connectivity index (χ1) is 7.66. The normalized spacial score (nSPS) is 23.2. The van der Waals surface area contributed by atoms with Crippen molar-refractivity contribution in [2.75, 3.05) is 27.3 Å². The van der Waals surface area contributed by atoms with Crippen LogP contribution in [0.15, 0.2) is 0 Å². The second kappa shape index (κ2) is 4.88. The van der Waals surface area contributed by atoms with Crippen molar-refractivity contribution in [1.29, 1.82) is 0 Å². The highest BCUT2D eigenvalue weighted by Crippen LogP contribution is 2.68. The Labute approximate surface area is 113 Å². The zero-order chi connectivity index (χ0) is 13.4. The monoisotopic (exact) mass is 305 g/mol. The summed E-state index contributed by atoms with van der Waals surface area (Å²) < 4.78 is 5.06. The average Bonchev–Trinajstić information content (AvgIpc) is 2.56. The van der Waals surface area contributed by atoms with Crippen LogP contribution in [0.1, 0.15) is 27.7 Å². The van der Waals surface area contributed by atoms with Crippen molar-refractivity contribution in [2.24, 2.45) is 16.7 Å². The van der Waals surface area contributed by atoms with Gasteiger partial charge in [-0.15, -0.1) is 0 Å². The quantitative estimate of drug-likeness (QED) is 0.731. The van der Waals surface area contributed by atoms with Crippen LogP contribution in [0.5, 0.6) is 0 Å². The Morgan fingerprint density at radius 3 is 2.18 bits per heavy atom. The molecule has 100 valence electrons. The molecule has 0 bridgehead atoms. The van der Waals surface area contributed by atoms with Gasteiger partial charge in [-0.3, -0.25) is 4.79 Å². The molecule has 1 unspecified atom stereocenters. The van der Waals surface area contributed by atoms with E-state index in [1.807, 2.05) is 11.9 Å². The highest BCUT2D eigenvalue weighted by Gasteiger charge is 2.68. The van der Waals surface area contributed by atoms with E-state index in [4.69, 9.17) is 4.74 Å². The largest absolute Gasteiger partial charge is 0.383 e. The number of amides is 1. The summed E-state index contributed by atoms with van der Waals surface area (Å²) in [6.07, 6.45) is 0. The molecule has 4 heteroatoms. The fraction of sp³-hybridized carbons (Fsp3) is 0.923. The Hall–Kier alpha value is -0.0900. The fourth-order valence-electron chi connectivity index (χ4n) is 2.65. The standard InChI is InChI=1S/C13H24BrNO2/c1-12(2)10(13(12,3)4)11(16)15(5)7-9(14)8-17-6/h9-10H,7-8H2,1-6H3. The third-order valence-corrected chi connectivity index (χ3v) is 5.02. The molecule has 17 heavy (non-hydrogen) atoms. The van der Waals surface area contributed by atoms with E-state index in [-0.39, 0.29) is 27.5 Å². The van der Waals surface area contributed by atoms with Crippen molar-refractivity contribution in [2.45, 2.75) is 32.5 Å².